The predicted octanol–water partition coefficient (Wildman–Crippen LogP) is 12.9. The quantitative estimate of drug-likeness (QED) is 0.191. The van der Waals surface area contributed by atoms with Crippen molar-refractivity contribution < 1.29 is 4.42 Å². The van der Waals surface area contributed by atoms with Crippen molar-refractivity contribution in [1.29, 1.82) is 0 Å². The second kappa shape index (κ2) is 11.3. The Morgan fingerprint density at radius 3 is 1.98 bits per heavy atom. The lowest BCUT2D eigenvalue weighted by atomic mass is 9.79. The number of benzene rings is 6. The molecule has 0 atom stereocenters. The van der Waals surface area contributed by atoms with Gasteiger partial charge in [-0.15, -0.1) is 0 Å². The molecule has 0 aliphatic heterocycles. The molecule has 2 aliphatic carbocycles. The van der Waals surface area contributed by atoms with E-state index in [0.717, 1.165) is 63.7 Å². The van der Waals surface area contributed by atoms with Crippen LogP contribution in [0.4, 0.5) is 11.4 Å². The minimum atomic E-state index is -0.00663. The maximum absolute atomic E-state index is 6.42. The van der Waals surface area contributed by atoms with Crippen LogP contribution in [0.25, 0.3) is 49.8 Å². The number of fused-ring (bicyclic) bond motifs is 5. The molecule has 0 unspecified atom stereocenters. The molecule has 0 amide bonds. The summed E-state index contributed by atoms with van der Waals surface area (Å²) >= 11 is 0. The summed E-state index contributed by atoms with van der Waals surface area (Å²) in [5, 5.41) is 2.30. The second-order valence-electron chi connectivity index (χ2n) is 13.6. The van der Waals surface area contributed by atoms with E-state index < -0.39 is 0 Å². The predicted molar refractivity (Wildman–Crippen MR) is 201 cm³/mol. The molecule has 2 heteroatoms. The molecule has 2 nitrogen and oxygen atoms in total. The van der Waals surface area contributed by atoms with Gasteiger partial charge in [-0.1, -0.05) is 141 Å². The zero-order chi connectivity index (χ0) is 32.2. The third-order valence-electron chi connectivity index (χ3n) is 10.5. The Balaban J connectivity index is 1.19. The molecule has 0 saturated heterocycles. The topological polar surface area (TPSA) is 16.4 Å². The minimum Gasteiger partial charge on any atom is -0.455 e. The van der Waals surface area contributed by atoms with Crippen molar-refractivity contribution in [3.05, 3.63) is 174 Å². The van der Waals surface area contributed by atoms with Gasteiger partial charge < -0.3 is 9.32 Å². The van der Waals surface area contributed by atoms with Gasteiger partial charge in [0.25, 0.3) is 0 Å². The highest BCUT2D eigenvalue weighted by Gasteiger charge is 2.40. The van der Waals surface area contributed by atoms with Gasteiger partial charge in [0.2, 0.25) is 0 Å². The number of hydrogen-bond donors (Lipinski definition) is 0. The molecule has 1 heterocycles. The zero-order valence-corrected chi connectivity index (χ0v) is 27.4. The third kappa shape index (κ3) is 4.55. The molecule has 7 aromatic rings. The number of anilines is 2. The number of allylic oxidation sites excluding steroid dienone is 3. The van der Waals surface area contributed by atoms with Crippen LogP contribution >= 0.6 is 0 Å². The zero-order valence-electron chi connectivity index (χ0n) is 27.4. The average Bonchev–Trinajstić information content (AvgIpc) is 3.51. The fraction of sp³-hybridized carbons (Fsp3) is 0.130. The van der Waals surface area contributed by atoms with Crippen LogP contribution in [0.15, 0.2) is 167 Å². The number of furan rings is 1. The molecule has 0 N–H and O–H groups in total. The summed E-state index contributed by atoms with van der Waals surface area (Å²) in [4.78, 5) is 2.49. The average molecular weight is 620 g/mol. The van der Waals surface area contributed by atoms with E-state index in [2.05, 4.69) is 164 Å². The fourth-order valence-electron chi connectivity index (χ4n) is 8.06. The lowest BCUT2D eigenvalue weighted by Crippen LogP contribution is -2.19. The Morgan fingerprint density at radius 2 is 1.19 bits per heavy atom. The third-order valence-corrected chi connectivity index (χ3v) is 10.5. The molecule has 0 radical (unpaired) electrons. The van der Waals surface area contributed by atoms with Crippen LogP contribution in [0.5, 0.6) is 0 Å². The molecule has 0 fully saturated rings. The first-order valence-corrected chi connectivity index (χ1v) is 17.1. The molecule has 0 saturated carbocycles. The molecule has 0 bridgehead atoms. The number of rotatable bonds is 5. The lowest BCUT2D eigenvalue weighted by Gasteiger charge is -2.30. The fourth-order valence-corrected chi connectivity index (χ4v) is 8.06. The Kier molecular flexibility index (Phi) is 6.72. The Hall–Kier alpha value is -5.60. The van der Waals surface area contributed by atoms with E-state index in [-0.39, 0.29) is 5.41 Å². The van der Waals surface area contributed by atoms with Crippen LogP contribution in [-0.2, 0) is 5.41 Å². The van der Waals surface area contributed by atoms with Crippen LogP contribution in [0, 0.1) is 0 Å². The molecule has 0 spiro atoms. The maximum atomic E-state index is 6.42. The van der Waals surface area contributed by atoms with Crippen molar-refractivity contribution in [2.75, 3.05) is 4.90 Å². The van der Waals surface area contributed by atoms with Crippen LogP contribution < -0.4 is 4.90 Å². The SMILES string of the molecule is CC1(C)C2=C(C(N(c3ccc(-c4ccccc4)cc3)c3ccc(-c4cccc5c4oc4ccccc45)cc3)=CCCC2)c2ccccc21. The smallest absolute Gasteiger partial charge is 0.143 e. The van der Waals surface area contributed by atoms with Gasteiger partial charge in [0.15, 0.2) is 0 Å². The maximum Gasteiger partial charge on any atom is 0.143 e. The summed E-state index contributed by atoms with van der Waals surface area (Å²) in [6.45, 7) is 4.81. The van der Waals surface area contributed by atoms with Gasteiger partial charge in [-0.25, -0.2) is 0 Å². The first-order chi connectivity index (χ1) is 23.6. The van der Waals surface area contributed by atoms with Crippen molar-refractivity contribution in [1.82, 2.24) is 0 Å². The first kappa shape index (κ1) is 28.6. The van der Waals surface area contributed by atoms with Crippen LogP contribution in [0.3, 0.4) is 0 Å². The molecule has 1 aromatic heterocycles. The summed E-state index contributed by atoms with van der Waals surface area (Å²) in [7, 11) is 0. The van der Waals surface area contributed by atoms with Gasteiger partial charge in [-0.2, -0.15) is 0 Å². The first-order valence-electron chi connectivity index (χ1n) is 17.1. The highest BCUT2D eigenvalue weighted by molar-refractivity contribution is 6.09. The molecule has 6 aromatic carbocycles. The molecule has 9 rings (SSSR count). The van der Waals surface area contributed by atoms with E-state index in [4.69, 9.17) is 4.42 Å². The molecular weight excluding hydrogens is 583 g/mol. The summed E-state index contributed by atoms with van der Waals surface area (Å²) in [5.41, 5.74) is 15.9. The van der Waals surface area contributed by atoms with Crippen molar-refractivity contribution >= 4 is 38.9 Å². The summed E-state index contributed by atoms with van der Waals surface area (Å²) in [5.74, 6) is 0. The van der Waals surface area contributed by atoms with Crippen molar-refractivity contribution in [2.24, 2.45) is 0 Å². The monoisotopic (exact) mass is 619 g/mol. The Morgan fingerprint density at radius 1 is 0.562 bits per heavy atom. The van der Waals surface area contributed by atoms with E-state index >= 15 is 0 Å². The van der Waals surface area contributed by atoms with Gasteiger partial charge in [0, 0.05) is 44.4 Å². The summed E-state index contributed by atoms with van der Waals surface area (Å²) in [6.07, 6.45) is 5.79. The van der Waals surface area contributed by atoms with Gasteiger partial charge in [0.1, 0.15) is 11.2 Å². The van der Waals surface area contributed by atoms with E-state index in [0.29, 0.717) is 0 Å². The standard InChI is InChI=1S/C46H37NO/c1-46(2)40-19-8-6-16-39(40)44-41(46)20-9-10-21-42(44)47(34-27-23-32(24-28-34)31-13-4-3-5-14-31)35-29-25-33(26-30-35)36-17-12-18-38-37-15-7-11-22-43(37)48-45(36)38/h3-8,11-19,21-30H,9-10,20H2,1-2H3. The van der Waals surface area contributed by atoms with Gasteiger partial charge in [0.05, 0.1) is 0 Å². The van der Waals surface area contributed by atoms with Crippen LogP contribution in [0.1, 0.15) is 44.2 Å². The van der Waals surface area contributed by atoms with Crippen molar-refractivity contribution in [2.45, 2.75) is 38.5 Å². The normalized spacial score (nSPS) is 15.2. The van der Waals surface area contributed by atoms with Gasteiger partial charge in [-0.3, -0.25) is 0 Å². The molecule has 48 heavy (non-hydrogen) atoms. The summed E-state index contributed by atoms with van der Waals surface area (Å²) in [6, 6.07) is 52.6. The Bertz CT molecular complexity index is 2370. The van der Waals surface area contributed by atoms with E-state index in [9.17, 15) is 0 Å². The molecule has 232 valence electrons. The van der Waals surface area contributed by atoms with E-state index in [1.807, 2.05) is 6.07 Å². The van der Waals surface area contributed by atoms with Gasteiger partial charge >= 0.3 is 0 Å². The number of para-hydroxylation sites is 2. The minimum absolute atomic E-state index is 0.00663. The van der Waals surface area contributed by atoms with Crippen molar-refractivity contribution in [3.8, 4) is 22.3 Å². The molecular formula is C46H37NO. The summed E-state index contributed by atoms with van der Waals surface area (Å²) < 4.78 is 6.42. The second-order valence-corrected chi connectivity index (χ2v) is 13.6. The van der Waals surface area contributed by atoms with E-state index in [1.165, 1.54) is 33.5 Å². The van der Waals surface area contributed by atoms with Crippen LogP contribution in [0.2, 0.25) is 0 Å². The number of hydrogen-bond acceptors (Lipinski definition) is 2. The highest BCUT2D eigenvalue weighted by atomic mass is 16.3. The highest BCUT2D eigenvalue weighted by Crippen LogP contribution is 2.53. The largest absolute Gasteiger partial charge is 0.455 e. The lowest BCUT2D eigenvalue weighted by molar-refractivity contribution is 0.598. The number of nitrogens with zero attached hydrogens (tertiary/aromatic N) is 1. The van der Waals surface area contributed by atoms with Crippen molar-refractivity contribution in [3.63, 3.8) is 0 Å². The van der Waals surface area contributed by atoms with Gasteiger partial charge in [-0.05, 0) is 77.4 Å². The van der Waals surface area contributed by atoms with E-state index in [1.54, 1.807) is 5.57 Å². The molecule has 2 aliphatic rings. The van der Waals surface area contributed by atoms with Crippen LogP contribution in [-0.4, -0.2) is 0 Å². The Labute approximate surface area is 282 Å².